The number of alkyl halides is 2. The highest BCUT2D eigenvalue weighted by Gasteiger charge is 2.32. The van der Waals surface area contributed by atoms with E-state index in [0.29, 0.717) is 28.6 Å². The molecule has 1 atom stereocenters. The number of nitrogens with one attached hydrogen (secondary N) is 2. The van der Waals surface area contributed by atoms with Crippen LogP contribution in [0, 0.1) is 11.6 Å². The van der Waals surface area contributed by atoms with Gasteiger partial charge in [-0.05, 0) is 55.3 Å². The molecule has 0 saturated carbocycles. The molecule has 0 aliphatic carbocycles. The van der Waals surface area contributed by atoms with Crippen molar-refractivity contribution < 1.29 is 40.2 Å². The monoisotopic (exact) mass is 646 g/mol. The zero-order valence-corrected chi connectivity index (χ0v) is 24.4. The molecule has 6 rings (SSSR count). The normalized spacial score (nSPS) is 17.7. The van der Waals surface area contributed by atoms with Crippen molar-refractivity contribution in [2.24, 2.45) is 0 Å². The van der Waals surface area contributed by atoms with Crippen molar-refractivity contribution in [2.45, 2.75) is 26.0 Å². The number of allylic oxidation sites excluding steroid dienone is 2. The molecule has 0 spiro atoms. The van der Waals surface area contributed by atoms with E-state index in [9.17, 15) is 30.8 Å². The minimum Gasteiger partial charge on any atom is -0.485 e. The van der Waals surface area contributed by atoms with Crippen molar-refractivity contribution >= 4 is 43.9 Å². The number of nitrogens with zero attached hydrogens (tertiary/aromatic N) is 3. The summed E-state index contributed by atoms with van der Waals surface area (Å²) in [6, 6.07) is 7.70. The third kappa shape index (κ3) is 5.68. The Labute approximate surface area is 253 Å². The van der Waals surface area contributed by atoms with E-state index in [4.69, 9.17) is 15.2 Å². The number of anilines is 2. The van der Waals surface area contributed by atoms with Crippen molar-refractivity contribution in [1.29, 1.82) is 0 Å². The highest BCUT2D eigenvalue weighted by atomic mass is 32.2. The van der Waals surface area contributed by atoms with Gasteiger partial charge in [0.25, 0.3) is 6.43 Å². The maximum atomic E-state index is 14.0. The predicted octanol–water partition coefficient (Wildman–Crippen LogP) is 4.39. The van der Waals surface area contributed by atoms with Crippen LogP contribution in [0.2, 0.25) is 0 Å². The second kappa shape index (κ2) is 11.5. The van der Waals surface area contributed by atoms with Gasteiger partial charge < -0.3 is 25.5 Å². The number of nitrogens with two attached hydrogens (primary N) is 1. The number of nitrogen functional groups attached to an aromatic ring is 1. The van der Waals surface area contributed by atoms with Gasteiger partial charge in [0.2, 0.25) is 15.8 Å². The topological polar surface area (TPSA) is 145 Å². The Morgan fingerprint density at radius 1 is 1.20 bits per heavy atom. The number of carbonyl (C=O) groups excluding carboxylic acids is 1. The molecule has 0 radical (unpaired) electrons. The predicted molar refractivity (Wildman–Crippen MR) is 158 cm³/mol. The molecule has 4 N–H and O–H groups in total. The van der Waals surface area contributed by atoms with E-state index >= 15 is 0 Å². The number of benzene rings is 2. The average Bonchev–Trinajstić information content (AvgIpc) is 3.68. The molecule has 1 fully saturated rings. The van der Waals surface area contributed by atoms with E-state index in [1.54, 1.807) is 13.0 Å². The number of ether oxygens (including phenoxy) is 2. The molecule has 1 saturated heterocycles. The number of fused-ring (bicyclic) bond motifs is 1. The van der Waals surface area contributed by atoms with E-state index in [0.717, 1.165) is 16.4 Å². The number of hydrogen-bond acceptors (Lipinski definition) is 8. The molecule has 0 amide bonds. The molecule has 236 valence electrons. The summed E-state index contributed by atoms with van der Waals surface area (Å²) < 4.78 is 92.3. The zero-order valence-electron chi connectivity index (χ0n) is 23.6. The molecule has 2 aromatic heterocycles. The first-order valence-electron chi connectivity index (χ1n) is 13.7. The van der Waals surface area contributed by atoms with Gasteiger partial charge >= 0.3 is 0 Å². The van der Waals surface area contributed by atoms with Crippen molar-refractivity contribution in [1.82, 2.24) is 20.1 Å². The van der Waals surface area contributed by atoms with Crippen molar-refractivity contribution in [3.05, 3.63) is 83.3 Å². The quantitative estimate of drug-likeness (QED) is 0.179. The molecular formula is C29H26F4N6O5S. The van der Waals surface area contributed by atoms with Crippen LogP contribution < -0.4 is 24.8 Å². The molecule has 11 nitrogen and oxygen atoms in total. The first-order chi connectivity index (χ1) is 21.4. The summed E-state index contributed by atoms with van der Waals surface area (Å²) in [4.78, 5) is 16.5. The maximum Gasteiger partial charge on any atom is 0.272 e. The van der Waals surface area contributed by atoms with Crippen LogP contribution in [0.15, 0.2) is 60.4 Å². The van der Waals surface area contributed by atoms with Gasteiger partial charge in [-0.25, -0.2) is 30.7 Å². The first-order valence-corrected chi connectivity index (χ1v) is 15.3. The molecule has 4 heterocycles. The summed E-state index contributed by atoms with van der Waals surface area (Å²) >= 11 is 0. The summed E-state index contributed by atoms with van der Waals surface area (Å²) in [5.74, 6) is -2.95. The number of H-pyrrole nitrogens is 1. The van der Waals surface area contributed by atoms with Crippen molar-refractivity contribution in [2.75, 3.05) is 28.9 Å². The van der Waals surface area contributed by atoms with Crippen LogP contribution >= 0.6 is 0 Å². The van der Waals surface area contributed by atoms with Gasteiger partial charge in [0.1, 0.15) is 18.2 Å². The maximum absolute atomic E-state index is 14.0. The number of sulfonamides is 1. The number of para-hydroxylation sites is 1. The van der Waals surface area contributed by atoms with Crippen LogP contribution in [0.5, 0.6) is 11.5 Å². The van der Waals surface area contributed by atoms with Gasteiger partial charge in [-0.1, -0.05) is 6.07 Å². The number of dihydropyridines is 1. The summed E-state index contributed by atoms with van der Waals surface area (Å²) in [6.45, 7) is 0.920. The van der Waals surface area contributed by atoms with Gasteiger partial charge in [0, 0.05) is 23.6 Å². The van der Waals surface area contributed by atoms with Crippen LogP contribution in [0.25, 0.3) is 16.6 Å². The van der Waals surface area contributed by atoms with Gasteiger partial charge in [0.05, 0.1) is 34.6 Å². The zero-order chi connectivity index (χ0) is 32.0. The largest absolute Gasteiger partial charge is 0.485 e. The lowest BCUT2D eigenvalue weighted by atomic mass is 10.1. The Kier molecular flexibility index (Phi) is 7.68. The summed E-state index contributed by atoms with van der Waals surface area (Å²) in [5.41, 5.74) is 7.94. The lowest BCUT2D eigenvalue weighted by molar-refractivity contribution is 0.0822. The van der Waals surface area contributed by atoms with Crippen molar-refractivity contribution in [3.8, 4) is 11.5 Å². The Balaban J connectivity index is 1.27. The minimum absolute atomic E-state index is 0.0104. The van der Waals surface area contributed by atoms with E-state index in [-0.39, 0.29) is 40.8 Å². The fourth-order valence-corrected chi connectivity index (χ4v) is 6.73. The Bertz CT molecular complexity index is 1970. The Hall–Kier alpha value is -4.99. The molecule has 4 aromatic rings. The SMILES string of the molecule is CC1=CC(Oc2c(F)cccc2F)NC=C1n1ncc(C(=O)c2cc3cc(OCC(F)F)c(N4CCCS4(=O)=O)cc3[nH]2)c1N. The number of aromatic nitrogens is 3. The van der Waals surface area contributed by atoms with Crippen LogP contribution in [-0.2, 0) is 10.0 Å². The molecule has 1 unspecified atom stereocenters. The molecule has 2 aromatic carbocycles. The molecule has 0 bridgehead atoms. The van der Waals surface area contributed by atoms with E-state index in [1.165, 1.54) is 41.3 Å². The highest BCUT2D eigenvalue weighted by Crippen LogP contribution is 2.38. The first kappa shape index (κ1) is 30.1. The molecule has 2 aliphatic rings. The minimum atomic E-state index is -3.66. The van der Waals surface area contributed by atoms with Crippen LogP contribution in [0.1, 0.15) is 29.4 Å². The lowest BCUT2D eigenvalue weighted by Crippen LogP contribution is -2.33. The number of aromatic amines is 1. The molecular weight excluding hydrogens is 620 g/mol. The molecule has 2 aliphatic heterocycles. The van der Waals surface area contributed by atoms with Gasteiger partial charge in [0.15, 0.2) is 23.6 Å². The Morgan fingerprint density at radius 2 is 1.96 bits per heavy atom. The second-order valence-electron chi connectivity index (χ2n) is 10.4. The number of halogens is 4. The number of rotatable bonds is 9. The van der Waals surface area contributed by atoms with Crippen LogP contribution in [0.4, 0.5) is 29.1 Å². The summed E-state index contributed by atoms with van der Waals surface area (Å²) in [5, 5.41) is 7.53. The van der Waals surface area contributed by atoms with Gasteiger partial charge in [-0.2, -0.15) is 5.10 Å². The highest BCUT2D eigenvalue weighted by molar-refractivity contribution is 7.93. The van der Waals surface area contributed by atoms with Crippen LogP contribution in [-0.4, -0.2) is 60.5 Å². The number of carbonyl (C=O) groups is 1. The van der Waals surface area contributed by atoms with Crippen molar-refractivity contribution in [3.63, 3.8) is 0 Å². The Morgan fingerprint density at radius 3 is 2.62 bits per heavy atom. The third-order valence-electron chi connectivity index (χ3n) is 7.31. The smallest absolute Gasteiger partial charge is 0.272 e. The average molecular weight is 647 g/mol. The van der Waals surface area contributed by atoms with Gasteiger partial charge in [-0.3, -0.25) is 9.10 Å². The van der Waals surface area contributed by atoms with Gasteiger partial charge in [-0.15, -0.1) is 0 Å². The second-order valence-corrected chi connectivity index (χ2v) is 12.4. The summed E-state index contributed by atoms with van der Waals surface area (Å²) in [7, 11) is -3.66. The lowest BCUT2D eigenvalue weighted by Gasteiger charge is -2.23. The standard InChI is InChI=1S/C29H26F4N6O5S/c1-15-8-26(44-28-18(30)4-2-5-19(28)31)35-13-23(15)39-29(34)17(12-36-39)27(40)21-9-16-10-24(43-14-25(32)33)22(11-20(16)37-21)38-6-3-7-45(38,41)42/h2,4-5,8-13,25-26,35,37H,3,6-7,14,34H2,1H3. The van der Waals surface area contributed by atoms with E-state index in [1.807, 2.05) is 0 Å². The van der Waals surface area contributed by atoms with E-state index < -0.39 is 52.5 Å². The molecule has 45 heavy (non-hydrogen) atoms. The molecule has 16 heteroatoms. The van der Waals surface area contributed by atoms with Crippen LogP contribution in [0.3, 0.4) is 0 Å². The summed E-state index contributed by atoms with van der Waals surface area (Å²) in [6.07, 6.45) is 0.993. The third-order valence-corrected chi connectivity index (χ3v) is 9.17. The fraction of sp³-hybridized carbons (Fsp3) is 0.241. The number of hydrogen-bond donors (Lipinski definition) is 3. The fourth-order valence-electron chi connectivity index (χ4n) is 5.17. The van der Waals surface area contributed by atoms with E-state index in [2.05, 4.69) is 15.4 Å². The number of ketones is 1.